The quantitative estimate of drug-likeness (QED) is 0.353. The Morgan fingerprint density at radius 2 is 1.03 bits per heavy atom. The standard InChI is InChI=1S/C28H25NO2/c30-28(26-16-18-27(19-17-26)31-22-25-14-8-3-9-15-25)29(20-23-10-4-1-5-11-23)21-24-12-6-2-7-13-24/h1-19H,20-22H2. The van der Waals surface area contributed by atoms with E-state index < -0.39 is 0 Å². The Kier molecular flexibility index (Phi) is 6.76. The average Bonchev–Trinajstić information content (AvgIpc) is 2.84. The lowest BCUT2D eigenvalue weighted by molar-refractivity contribution is 0.0730. The van der Waals surface area contributed by atoms with Gasteiger partial charge in [-0.15, -0.1) is 0 Å². The normalized spacial score (nSPS) is 10.5. The molecule has 4 rings (SSSR count). The summed E-state index contributed by atoms with van der Waals surface area (Å²) in [5.74, 6) is 0.750. The van der Waals surface area contributed by atoms with E-state index in [4.69, 9.17) is 4.74 Å². The molecule has 4 aromatic rings. The summed E-state index contributed by atoms with van der Waals surface area (Å²) >= 11 is 0. The van der Waals surface area contributed by atoms with Crippen LogP contribution in [0.25, 0.3) is 0 Å². The largest absolute Gasteiger partial charge is 0.489 e. The fourth-order valence-electron chi connectivity index (χ4n) is 3.42. The molecule has 0 aliphatic rings. The third kappa shape index (κ3) is 5.83. The third-order valence-electron chi connectivity index (χ3n) is 5.07. The molecule has 0 saturated heterocycles. The van der Waals surface area contributed by atoms with Crippen LogP contribution in [0.5, 0.6) is 5.75 Å². The molecular weight excluding hydrogens is 382 g/mol. The van der Waals surface area contributed by atoms with E-state index in [9.17, 15) is 4.79 Å². The maximum atomic E-state index is 13.3. The van der Waals surface area contributed by atoms with Crippen molar-refractivity contribution in [1.29, 1.82) is 0 Å². The summed E-state index contributed by atoms with van der Waals surface area (Å²) in [5, 5.41) is 0. The molecule has 0 aromatic heterocycles. The van der Waals surface area contributed by atoms with Crippen LogP contribution in [0, 0.1) is 0 Å². The molecule has 0 bridgehead atoms. The molecule has 154 valence electrons. The molecule has 0 aliphatic heterocycles. The molecule has 0 aliphatic carbocycles. The molecule has 3 nitrogen and oxygen atoms in total. The van der Waals surface area contributed by atoms with Gasteiger partial charge in [0.1, 0.15) is 12.4 Å². The first-order chi connectivity index (χ1) is 15.3. The zero-order valence-corrected chi connectivity index (χ0v) is 17.4. The second kappa shape index (κ2) is 10.3. The molecule has 0 N–H and O–H groups in total. The Bertz CT molecular complexity index is 1040. The molecule has 3 heteroatoms. The van der Waals surface area contributed by atoms with Gasteiger partial charge in [0, 0.05) is 18.7 Å². The predicted octanol–water partition coefficient (Wildman–Crippen LogP) is 6.11. The molecule has 1 amide bonds. The van der Waals surface area contributed by atoms with Gasteiger partial charge < -0.3 is 9.64 Å². The Morgan fingerprint density at radius 3 is 1.52 bits per heavy atom. The molecule has 0 atom stereocenters. The number of carbonyl (C=O) groups excluding carboxylic acids is 1. The first kappa shape index (κ1) is 20.4. The van der Waals surface area contributed by atoms with Crippen LogP contribution in [0.15, 0.2) is 115 Å². The minimum absolute atomic E-state index is 0.00214. The zero-order chi connectivity index (χ0) is 21.3. The smallest absolute Gasteiger partial charge is 0.254 e. The first-order valence-electron chi connectivity index (χ1n) is 10.4. The lowest BCUT2D eigenvalue weighted by Crippen LogP contribution is -2.30. The fourth-order valence-corrected chi connectivity index (χ4v) is 3.42. The summed E-state index contributed by atoms with van der Waals surface area (Å²) in [4.78, 5) is 15.2. The van der Waals surface area contributed by atoms with Gasteiger partial charge in [0.15, 0.2) is 0 Å². The molecule has 0 fully saturated rings. The van der Waals surface area contributed by atoms with Crippen molar-refractivity contribution in [2.24, 2.45) is 0 Å². The highest BCUT2D eigenvalue weighted by atomic mass is 16.5. The van der Waals surface area contributed by atoms with Crippen molar-refractivity contribution in [2.45, 2.75) is 19.7 Å². The van der Waals surface area contributed by atoms with Gasteiger partial charge in [0.05, 0.1) is 0 Å². The molecule has 0 radical (unpaired) electrons. The van der Waals surface area contributed by atoms with Crippen LogP contribution in [-0.2, 0) is 19.7 Å². The van der Waals surface area contributed by atoms with Gasteiger partial charge >= 0.3 is 0 Å². The van der Waals surface area contributed by atoms with Crippen molar-refractivity contribution in [1.82, 2.24) is 4.90 Å². The van der Waals surface area contributed by atoms with Crippen LogP contribution >= 0.6 is 0 Å². The van der Waals surface area contributed by atoms with E-state index in [1.54, 1.807) is 0 Å². The maximum absolute atomic E-state index is 13.3. The van der Waals surface area contributed by atoms with Crippen molar-refractivity contribution in [2.75, 3.05) is 0 Å². The summed E-state index contributed by atoms with van der Waals surface area (Å²) in [6, 6.07) is 37.6. The Balaban J connectivity index is 1.47. The fraction of sp³-hybridized carbons (Fsp3) is 0.107. The van der Waals surface area contributed by atoms with Gasteiger partial charge in [0.2, 0.25) is 0 Å². The third-order valence-corrected chi connectivity index (χ3v) is 5.07. The molecule has 31 heavy (non-hydrogen) atoms. The summed E-state index contributed by atoms with van der Waals surface area (Å²) in [5.41, 5.74) is 3.97. The van der Waals surface area contributed by atoms with Gasteiger partial charge in [-0.2, -0.15) is 0 Å². The molecule has 0 saturated carbocycles. The minimum Gasteiger partial charge on any atom is -0.489 e. The van der Waals surface area contributed by atoms with Crippen molar-refractivity contribution in [3.8, 4) is 5.75 Å². The first-order valence-corrected chi connectivity index (χ1v) is 10.4. The van der Waals surface area contributed by atoms with Gasteiger partial charge in [-0.1, -0.05) is 91.0 Å². The van der Waals surface area contributed by atoms with Crippen LogP contribution in [0.2, 0.25) is 0 Å². The van der Waals surface area contributed by atoms with E-state index in [1.165, 1.54) is 0 Å². The second-order valence-electron chi connectivity index (χ2n) is 7.43. The van der Waals surface area contributed by atoms with Crippen molar-refractivity contribution in [3.05, 3.63) is 138 Å². The summed E-state index contributed by atoms with van der Waals surface area (Å²) in [6.07, 6.45) is 0. The Hall–Kier alpha value is -3.85. The SMILES string of the molecule is O=C(c1ccc(OCc2ccccc2)cc1)N(Cc1ccccc1)Cc1ccccc1. The van der Waals surface area contributed by atoms with Crippen molar-refractivity contribution >= 4 is 5.91 Å². The van der Waals surface area contributed by atoms with Crippen LogP contribution in [0.3, 0.4) is 0 Å². The zero-order valence-electron chi connectivity index (χ0n) is 17.4. The summed E-state index contributed by atoms with van der Waals surface area (Å²) < 4.78 is 5.85. The maximum Gasteiger partial charge on any atom is 0.254 e. The predicted molar refractivity (Wildman–Crippen MR) is 124 cm³/mol. The molecular formula is C28H25NO2. The Morgan fingerprint density at radius 1 is 0.581 bits per heavy atom. The highest BCUT2D eigenvalue weighted by Gasteiger charge is 2.17. The number of ether oxygens (including phenoxy) is 1. The van der Waals surface area contributed by atoms with Crippen molar-refractivity contribution < 1.29 is 9.53 Å². The second-order valence-corrected chi connectivity index (χ2v) is 7.43. The van der Waals surface area contributed by atoms with E-state index in [2.05, 4.69) is 0 Å². The number of hydrogen-bond donors (Lipinski definition) is 0. The number of nitrogens with zero attached hydrogens (tertiary/aromatic N) is 1. The van der Waals surface area contributed by atoms with E-state index in [0.29, 0.717) is 25.3 Å². The molecule has 0 spiro atoms. The lowest BCUT2D eigenvalue weighted by atomic mass is 10.1. The summed E-state index contributed by atoms with van der Waals surface area (Å²) in [7, 11) is 0. The lowest BCUT2D eigenvalue weighted by Gasteiger charge is -2.23. The molecule has 4 aromatic carbocycles. The highest BCUT2D eigenvalue weighted by Crippen LogP contribution is 2.18. The molecule has 0 unspecified atom stereocenters. The van der Waals surface area contributed by atoms with Crippen LogP contribution < -0.4 is 4.74 Å². The van der Waals surface area contributed by atoms with Crippen LogP contribution in [-0.4, -0.2) is 10.8 Å². The van der Waals surface area contributed by atoms with E-state index in [0.717, 1.165) is 22.4 Å². The molecule has 0 heterocycles. The van der Waals surface area contributed by atoms with E-state index in [1.807, 2.05) is 120 Å². The number of rotatable bonds is 8. The van der Waals surface area contributed by atoms with Gasteiger partial charge in [-0.05, 0) is 41.0 Å². The number of benzene rings is 4. The van der Waals surface area contributed by atoms with Crippen LogP contribution in [0.4, 0.5) is 0 Å². The van der Waals surface area contributed by atoms with Crippen LogP contribution in [0.1, 0.15) is 27.0 Å². The van der Waals surface area contributed by atoms with Gasteiger partial charge in [-0.25, -0.2) is 0 Å². The van der Waals surface area contributed by atoms with E-state index >= 15 is 0 Å². The Labute approximate surface area is 183 Å². The van der Waals surface area contributed by atoms with Gasteiger partial charge in [0.25, 0.3) is 5.91 Å². The monoisotopic (exact) mass is 407 g/mol. The number of amides is 1. The van der Waals surface area contributed by atoms with E-state index in [-0.39, 0.29) is 5.91 Å². The topological polar surface area (TPSA) is 29.5 Å². The summed E-state index contributed by atoms with van der Waals surface area (Å²) in [6.45, 7) is 1.62. The minimum atomic E-state index is 0.00214. The average molecular weight is 408 g/mol. The van der Waals surface area contributed by atoms with Crippen molar-refractivity contribution in [3.63, 3.8) is 0 Å². The number of carbonyl (C=O) groups is 1. The van der Waals surface area contributed by atoms with Gasteiger partial charge in [-0.3, -0.25) is 4.79 Å². The number of hydrogen-bond acceptors (Lipinski definition) is 2. The highest BCUT2D eigenvalue weighted by molar-refractivity contribution is 5.94.